The van der Waals surface area contributed by atoms with E-state index in [1.54, 1.807) is 7.05 Å². The van der Waals surface area contributed by atoms with Crippen LogP contribution in [0.25, 0.3) is 5.32 Å². The number of hydrogen-bond acceptors (Lipinski definition) is 3. The second-order valence-electron chi connectivity index (χ2n) is 7.18. The molecule has 0 heterocycles. The van der Waals surface area contributed by atoms with Gasteiger partial charge < -0.3 is 20.4 Å². The monoisotopic (exact) mass is 426 g/mol. The molecule has 2 aromatic rings. The summed E-state index contributed by atoms with van der Waals surface area (Å²) in [5, 5.41) is 30.0. The fraction of sp³-hybridized carbons (Fsp3) is 0.429. The molecule has 1 aliphatic carbocycles. The minimum absolute atomic E-state index is 0. The quantitative estimate of drug-likeness (QED) is 0.754. The van der Waals surface area contributed by atoms with Gasteiger partial charge in [-0.3, -0.25) is 0 Å². The van der Waals surface area contributed by atoms with E-state index in [4.69, 9.17) is 0 Å². The topological polar surface area (TPSA) is 63.5 Å². The van der Waals surface area contributed by atoms with Crippen molar-refractivity contribution in [1.82, 2.24) is 0 Å². The summed E-state index contributed by atoms with van der Waals surface area (Å²) < 4.78 is 0. The van der Waals surface area contributed by atoms with E-state index in [9.17, 15) is 10.2 Å². The summed E-state index contributed by atoms with van der Waals surface area (Å²) in [6, 6.07) is 11.7. The minimum atomic E-state index is -0.894. The molecule has 2 atom stereocenters. The molecular formula is C21H25N2O2Y-3. The van der Waals surface area contributed by atoms with Crippen molar-refractivity contribution in [2.75, 3.05) is 26.0 Å². The van der Waals surface area contributed by atoms with Gasteiger partial charge in [0.2, 0.25) is 0 Å². The first kappa shape index (κ1) is 21.4. The summed E-state index contributed by atoms with van der Waals surface area (Å²) in [7, 11) is 5.70. The van der Waals surface area contributed by atoms with Crippen molar-refractivity contribution >= 4 is 11.4 Å². The van der Waals surface area contributed by atoms with Crippen LogP contribution in [0.1, 0.15) is 34.1 Å². The van der Waals surface area contributed by atoms with Crippen LogP contribution < -0.4 is 15.1 Å². The van der Waals surface area contributed by atoms with Crippen molar-refractivity contribution in [2.45, 2.75) is 37.9 Å². The summed E-state index contributed by atoms with van der Waals surface area (Å²) >= 11 is 0. The summed E-state index contributed by atoms with van der Waals surface area (Å²) in [6.45, 7) is 3.94. The molecule has 0 saturated heterocycles. The van der Waals surface area contributed by atoms with Crippen LogP contribution in [0.4, 0.5) is 11.4 Å². The van der Waals surface area contributed by atoms with Crippen molar-refractivity contribution in [1.29, 1.82) is 0 Å². The van der Waals surface area contributed by atoms with Gasteiger partial charge in [0.15, 0.2) is 0 Å². The van der Waals surface area contributed by atoms with Gasteiger partial charge in [0.1, 0.15) is 0 Å². The molecule has 5 heteroatoms. The summed E-state index contributed by atoms with van der Waals surface area (Å²) in [5.74, 6) is -0.931. The van der Waals surface area contributed by atoms with Gasteiger partial charge >= 0.3 is 0 Å². The van der Waals surface area contributed by atoms with Gasteiger partial charge in [-0.2, -0.15) is 0 Å². The van der Waals surface area contributed by atoms with Crippen LogP contribution in [-0.4, -0.2) is 33.4 Å². The molecule has 0 aromatic heterocycles. The van der Waals surface area contributed by atoms with Gasteiger partial charge in [-0.05, 0) is 60.1 Å². The second kappa shape index (κ2) is 8.39. The maximum absolute atomic E-state index is 12.9. The van der Waals surface area contributed by atoms with E-state index >= 15 is 0 Å². The van der Waals surface area contributed by atoms with E-state index in [1.807, 2.05) is 69.2 Å². The average Bonchev–Trinajstić information content (AvgIpc) is 2.58. The first-order chi connectivity index (χ1) is 11.8. The maximum atomic E-state index is 12.9. The molecule has 2 unspecified atom stereocenters. The van der Waals surface area contributed by atoms with Crippen LogP contribution in [0.15, 0.2) is 36.4 Å². The van der Waals surface area contributed by atoms with Crippen LogP contribution in [-0.2, 0) is 32.7 Å². The van der Waals surface area contributed by atoms with Crippen LogP contribution in [0.5, 0.6) is 0 Å². The molecule has 0 aliphatic heterocycles. The molecule has 1 radical (unpaired) electrons. The molecule has 1 saturated carbocycles. The van der Waals surface area contributed by atoms with Crippen molar-refractivity contribution in [2.24, 2.45) is 0 Å². The van der Waals surface area contributed by atoms with E-state index in [2.05, 4.69) is 5.32 Å². The number of benzene rings is 2. The van der Waals surface area contributed by atoms with Crippen molar-refractivity contribution in [3.63, 3.8) is 0 Å². The van der Waals surface area contributed by atoms with E-state index in [-0.39, 0.29) is 32.7 Å². The Morgan fingerprint density at radius 3 is 1.77 bits per heavy atom. The number of aryl methyl sites for hydroxylation is 2. The van der Waals surface area contributed by atoms with E-state index < -0.39 is 24.0 Å². The second-order valence-corrected chi connectivity index (χ2v) is 7.18. The summed E-state index contributed by atoms with van der Waals surface area (Å²) in [4.78, 5) is 2.02. The smallest absolute Gasteiger partial charge is 0.0363 e. The van der Waals surface area contributed by atoms with E-state index in [1.165, 1.54) is 0 Å². The Kier molecular flexibility index (Phi) is 6.89. The number of anilines is 1. The fourth-order valence-corrected chi connectivity index (χ4v) is 3.87. The first-order valence-corrected chi connectivity index (χ1v) is 8.65. The Labute approximate surface area is 181 Å². The molecule has 4 nitrogen and oxygen atoms in total. The molecule has 0 bridgehead atoms. The molecule has 0 spiro atoms. The summed E-state index contributed by atoms with van der Waals surface area (Å²) in [6.07, 6.45) is -1.79. The Morgan fingerprint density at radius 1 is 0.846 bits per heavy atom. The minimum Gasteiger partial charge on any atom is -0.851 e. The van der Waals surface area contributed by atoms with Crippen molar-refractivity contribution in [3.05, 3.63) is 64.0 Å². The normalized spacial score (nSPS) is 24.4. The third-order valence-corrected chi connectivity index (χ3v) is 5.42. The summed E-state index contributed by atoms with van der Waals surface area (Å²) in [5.41, 5.74) is 5.74. The molecule has 137 valence electrons. The SMILES string of the molecule is C[N-]c1ccc(C2C([O-])C(c3ccc(N(C)C)cc3C)C2[O-])c(C)c1.[Y]. The van der Waals surface area contributed by atoms with Crippen LogP contribution in [0, 0.1) is 13.8 Å². The molecule has 26 heavy (non-hydrogen) atoms. The van der Waals surface area contributed by atoms with Gasteiger partial charge in [0, 0.05) is 52.5 Å². The van der Waals surface area contributed by atoms with Crippen molar-refractivity contribution < 1.29 is 42.9 Å². The van der Waals surface area contributed by atoms with E-state index in [0.717, 1.165) is 33.6 Å². The Hall–Kier alpha value is -0.936. The molecule has 0 amide bonds. The van der Waals surface area contributed by atoms with Gasteiger partial charge in [-0.25, -0.2) is 0 Å². The average molecular weight is 426 g/mol. The molecular weight excluding hydrogens is 401 g/mol. The molecule has 0 N–H and O–H groups in total. The van der Waals surface area contributed by atoms with Crippen molar-refractivity contribution in [3.8, 4) is 0 Å². The standard InChI is InChI=1S/C21H25N2O2.Y/c1-12-10-14(22-3)6-8-16(12)18-20(24)19(21(18)25)17-9-7-15(23(4)5)11-13(17)2;/h6-11,18-21H,1-5H3;/q-3;. The van der Waals surface area contributed by atoms with E-state index in [0.29, 0.717) is 0 Å². The van der Waals surface area contributed by atoms with Gasteiger partial charge in [0.25, 0.3) is 0 Å². The number of rotatable bonds is 4. The zero-order chi connectivity index (χ0) is 18.3. The van der Waals surface area contributed by atoms with Gasteiger partial charge in [0.05, 0.1) is 0 Å². The number of hydrogen-bond donors (Lipinski definition) is 0. The van der Waals surface area contributed by atoms with Gasteiger partial charge in [-0.1, -0.05) is 24.3 Å². The van der Waals surface area contributed by atoms with Crippen LogP contribution in [0.3, 0.4) is 0 Å². The Balaban J connectivity index is 0.00000243. The Bertz CT molecular complexity index is 769. The molecule has 2 aromatic carbocycles. The molecule has 1 aliphatic rings. The third-order valence-electron chi connectivity index (χ3n) is 5.42. The van der Waals surface area contributed by atoms with Crippen LogP contribution >= 0.6 is 0 Å². The zero-order valence-electron chi connectivity index (χ0n) is 16.1. The predicted octanol–water partition coefficient (Wildman–Crippen LogP) is 2.34. The first-order valence-electron chi connectivity index (χ1n) is 8.65. The molecule has 1 fully saturated rings. The maximum Gasteiger partial charge on any atom is 0.0363 e. The van der Waals surface area contributed by atoms with Crippen LogP contribution in [0.2, 0.25) is 0 Å². The zero-order valence-corrected chi connectivity index (χ0v) is 18.9. The number of nitrogens with zero attached hydrogens (tertiary/aromatic N) is 2. The largest absolute Gasteiger partial charge is 0.851 e. The van der Waals surface area contributed by atoms with Gasteiger partial charge in [-0.15, -0.1) is 24.9 Å². The fourth-order valence-electron chi connectivity index (χ4n) is 3.87. The Morgan fingerprint density at radius 2 is 1.35 bits per heavy atom. The molecule has 3 rings (SSSR count). The predicted molar refractivity (Wildman–Crippen MR) is 98.7 cm³/mol. The third kappa shape index (κ3) is 3.70.